The van der Waals surface area contributed by atoms with Crippen molar-refractivity contribution in [2.75, 3.05) is 0 Å². The summed E-state index contributed by atoms with van der Waals surface area (Å²) in [6.07, 6.45) is -6.31. The second-order valence-electron chi connectivity index (χ2n) is 4.41. The zero-order valence-electron chi connectivity index (χ0n) is 10.7. The highest BCUT2D eigenvalue weighted by molar-refractivity contribution is 6.34. The summed E-state index contributed by atoms with van der Waals surface area (Å²) in [4.78, 5) is 11.0. The molecule has 0 saturated heterocycles. The average Bonchev–Trinajstić information content (AvgIpc) is 2.40. The zero-order valence-corrected chi connectivity index (χ0v) is 11.4. The Morgan fingerprint density at radius 1 is 1.48 bits per heavy atom. The molecule has 0 bridgehead atoms. The van der Waals surface area contributed by atoms with Crippen LogP contribution >= 0.6 is 11.6 Å². The van der Waals surface area contributed by atoms with Gasteiger partial charge < -0.3 is 14.9 Å². The Morgan fingerprint density at radius 2 is 2.10 bits per heavy atom. The molecule has 0 spiro atoms. The van der Waals surface area contributed by atoms with Crippen LogP contribution in [0.25, 0.3) is 6.08 Å². The second-order valence-corrected chi connectivity index (χ2v) is 4.79. The minimum absolute atomic E-state index is 0.0903. The Bertz CT molecular complexity index is 637. The van der Waals surface area contributed by atoms with Crippen molar-refractivity contribution in [1.29, 1.82) is 0 Å². The Kier molecular flexibility index (Phi) is 3.79. The Labute approximate surface area is 122 Å². The molecule has 8 heteroatoms. The van der Waals surface area contributed by atoms with Crippen LogP contribution in [0.15, 0.2) is 11.6 Å². The van der Waals surface area contributed by atoms with E-state index >= 15 is 0 Å². The summed E-state index contributed by atoms with van der Waals surface area (Å²) in [5.74, 6) is -2.48. The van der Waals surface area contributed by atoms with Crippen molar-refractivity contribution in [2.45, 2.75) is 25.6 Å². The normalized spacial score (nSPS) is 17.8. The van der Waals surface area contributed by atoms with Crippen molar-refractivity contribution >= 4 is 23.6 Å². The number of phenols is 1. The lowest BCUT2D eigenvalue weighted by Crippen LogP contribution is -2.40. The van der Waals surface area contributed by atoms with Crippen LogP contribution in [0.3, 0.4) is 0 Å². The van der Waals surface area contributed by atoms with E-state index in [1.807, 2.05) is 0 Å². The molecule has 1 aromatic carbocycles. The molecule has 0 amide bonds. The number of benzene rings is 1. The number of alkyl halides is 3. The molecule has 1 aliphatic heterocycles. The van der Waals surface area contributed by atoms with Crippen molar-refractivity contribution in [3.05, 3.63) is 27.8 Å². The average molecular weight is 323 g/mol. The van der Waals surface area contributed by atoms with E-state index in [1.165, 1.54) is 6.07 Å². The quantitative estimate of drug-likeness (QED) is 0.875. The summed E-state index contributed by atoms with van der Waals surface area (Å²) in [6, 6.07) is 1.35. The fourth-order valence-corrected chi connectivity index (χ4v) is 2.31. The van der Waals surface area contributed by atoms with E-state index < -0.39 is 23.8 Å². The van der Waals surface area contributed by atoms with Crippen LogP contribution in [-0.2, 0) is 11.2 Å². The van der Waals surface area contributed by atoms with Gasteiger partial charge >= 0.3 is 12.1 Å². The first-order chi connectivity index (χ1) is 9.66. The second kappa shape index (κ2) is 5.14. The number of carboxylic acids is 1. The topological polar surface area (TPSA) is 66.8 Å². The number of rotatable bonds is 2. The standard InChI is InChI=1S/C13H10ClF3O4/c1-2-5-3-6-4-7(12(19)20)11(13(15,16)17)21-10(6)8(14)9(5)18/h3-4,11,18H,2H2,1H3,(H,19,20). The lowest BCUT2D eigenvalue weighted by molar-refractivity contribution is -0.187. The lowest BCUT2D eigenvalue weighted by Gasteiger charge is -2.28. The van der Waals surface area contributed by atoms with E-state index in [-0.39, 0.29) is 22.1 Å². The van der Waals surface area contributed by atoms with E-state index in [1.54, 1.807) is 6.92 Å². The van der Waals surface area contributed by atoms with Crippen LogP contribution in [-0.4, -0.2) is 28.5 Å². The predicted molar refractivity (Wildman–Crippen MR) is 68.6 cm³/mol. The SMILES string of the molecule is CCc1cc2c(c(Cl)c1O)OC(C(F)(F)F)C(C(=O)O)=C2. The number of fused-ring (bicyclic) bond motifs is 1. The van der Waals surface area contributed by atoms with Gasteiger partial charge in [-0.25, -0.2) is 4.79 Å². The number of phenolic OH excluding ortho intramolecular Hbond substituents is 1. The van der Waals surface area contributed by atoms with Crippen LogP contribution in [0, 0.1) is 0 Å². The highest BCUT2D eigenvalue weighted by atomic mass is 35.5. The van der Waals surface area contributed by atoms with Crippen LogP contribution in [0.2, 0.25) is 5.02 Å². The molecule has 0 fully saturated rings. The number of aromatic hydroxyl groups is 1. The molecular weight excluding hydrogens is 313 g/mol. The zero-order chi connectivity index (χ0) is 15.9. The van der Waals surface area contributed by atoms with Gasteiger partial charge in [0.05, 0.1) is 5.57 Å². The van der Waals surface area contributed by atoms with E-state index in [0.717, 1.165) is 6.08 Å². The van der Waals surface area contributed by atoms with Crippen molar-refractivity contribution in [3.8, 4) is 11.5 Å². The van der Waals surface area contributed by atoms with Gasteiger partial charge in [-0.2, -0.15) is 13.2 Å². The number of hydrogen-bond donors (Lipinski definition) is 2. The van der Waals surface area contributed by atoms with Gasteiger partial charge in [0.15, 0.2) is 0 Å². The fraction of sp³-hybridized carbons (Fsp3) is 0.308. The summed E-state index contributed by atoms with van der Waals surface area (Å²) >= 11 is 5.82. The molecule has 0 radical (unpaired) electrons. The third kappa shape index (κ3) is 2.65. The molecule has 4 nitrogen and oxygen atoms in total. The molecule has 2 rings (SSSR count). The molecule has 1 atom stereocenters. The van der Waals surface area contributed by atoms with Crippen molar-refractivity contribution in [2.24, 2.45) is 0 Å². The maximum absolute atomic E-state index is 12.9. The minimum Gasteiger partial charge on any atom is -0.506 e. The number of carbonyl (C=O) groups is 1. The monoisotopic (exact) mass is 322 g/mol. The van der Waals surface area contributed by atoms with Gasteiger partial charge in [-0.3, -0.25) is 0 Å². The van der Waals surface area contributed by atoms with Crippen molar-refractivity contribution in [3.63, 3.8) is 0 Å². The van der Waals surface area contributed by atoms with Crippen LogP contribution in [0.1, 0.15) is 18.1 Å². The Hall–Kier alpha value is -1.89. The third-order valence-corrected chi connectivity index (χ3v) is 3.41. The predicted octanol–water partition coefficient (Wildman–Crippen LogP) is 3.40. The molecule has 1 heterocycles. The van der Waals surface area contributed by atoms with Gasteiger partial charge in [-0.15, -0.1) is 0 Å². The molecule has 1 aromatic rings. The summed E-state index contributed by atoms with van der Waals surface area (Å²) in [5.41, 5.74) is -0.458. The summed E-state index contributed by atoms with van der Waals surface area (Å²) in [5, 5.41) is 18.3. The van der Waals surface area contributed by atoms with E-state index in [9.17, 15) is 23.1 Å². The van der Waals surface area contributed by atoms with Gasteiger partial charge in [0, 0.05) is 5.56 Å². The molecule has 0 saturated carbocycles. The minimum atomic E-state index is -4.91. The molecular formula is C13H10ClF3O4. The first kappa shape index (κ1) is 15.5. The lowest BCUT2D eigenvalue weighted by atomic mass is 9.98. The highest BCUT2D eigenvalue weighted by Gasteiger charge is 2.49. The first-order valence-corrected chi connectivity index (χ1v) is 6.27. The molecule has 0 aliphatic carbocycles. The summed E-state index contributed by atoms with van der Waals surface area (Å²) < 4.78 is 43.4. The third-order valence-electron chi connectivity index (χ3n) is 3.06. The number of aliphatic carboxylic acids is 1. The number of ether oxygens (including phenoxy) is 1. The van der Waals surface area contributed by atoms with E-state index in [4.69, 9.17) is 21.4 Å². The van der Waals surface area contributed by atoms with Crippen molar-refractivity contribution < 1.29 is 32.9 Å². The van der Waals surface area contributed by atoms with Gasteiger partial charge in [-0.1, -0.05) is 18.5 Å². The number of halogens is 4. The number of carboxylic acid groups (broad SMARTS) is 1. The van der Waals surface area contributed by atoms with Crippen LogP contribution < -0.4 is 4.74 Å². The largest absolute Gasteiger partial charge is 0.506 e. The van der Waals surface area contributed by atoms with Gasteiger partial charge in [0.1, 0.15) is 16.5 Å². The number of hydrogen-bond acceptors (Lipinski definition) is 3. The smallest absolute Gasteiger partial charge is 0.430 e. The molecule has 1 unspecified atom stereocenters. The Morgan fingerprint density at radius 3 is 2.57 bits per heavy atom. The van der Waals surface area contributed by atoms with Crippen LogP contribution in [0.4, 0.5) is 13.2 Å². The van der Waals surface area contributed by atoms with Gasteiger partial charge in [0.2, 0.25) is 6.10 Å². The maximum atomic E-state index is 12.9. The van der Waals surface area contributed by atoms with Crippen LogP contribution in [0.5, 0.6) is 11.5 Å². The summed E-state index contributed by atoms with van der Waals surface area (Å²) in [6.45, 7) is 1.71. The molecule has 21 heavy (non-hydrogen) atoms. The molecule has 1 aliphatic rings. The molecule has 0 aromatic heterocycles. The van der Waals surface area contributed by atoms with Crippen molar-refractivity contribution in [1.82, 2.24) is 0 Å². The van der Waals surface area contributed by atoms with E-state index in [2.05, 4.69) is 0 Å². The first-order valence-electron chi connectivity index (χ1n) is 5.89. The molecule has 2 N–H and O–H groups in total. The van der Waals surface area contributed by atoms with E-state index in [0.29, 0.717) is 12.0 Å². The summed E-state index contributed by atoms with van der Waals surface area (Å²) in [7, 11) is 0. The molecule has 114 valence electrons. The maximum Gasteiger partial charge on any atom is 0.430 e. The number of aryl methyl sites for hydroxylation is 1. The highest BCUT2D eigenvalue weighted by Crippen LogP contribution is 2.45. The van der Waals surface area contributed by atoms with Gasteiger partial charge in [-0.05, 0) is 24.1 Å². The van der Waals surface area contributed by atoms with Gasteiger partial charge in [0.25, 0.3) is 0 Å². The Balaban J connectivity index is 2.66. The fourth-order valence-electron chi connectivity index (χ4n) is 2.03.